The van der Waals surface area contributed by atoms with Crippen molar-refractivity contribution >= 4 is 11.8 Å². The minimum absolute atomic E-state index is 0.0363. The highest BCUT2D eigenvalue weighted by Gasteiger charge is 2.12. The van der Waals surface area contributed by atoms with Crippen molar-refractivity contribution in [1.29, 1.82) is 0 Å². The maximum absolute atomic E-state index is 12.3. The third kappa shape index (κ3) is 7.11. The number of amides is 2. The molecule has 2 aromatic rings. The summed E-state index contributed by atoms with van der Waals surface area (Å²) in [7, 11) is 1.57. The Hall–Kier alpha value is -2.86. The fourth-order valence-corrected chi connectivity index (χ4v) is 2.51. The number of nitrogens with zero attached hydrogens (tertiary/aromatic N) is 1. The molecule has 6 heteroatoms. The summed E-state index contributed by atoms with van der Waals surface area (Å²) in [6.45, 7) is 3.86. The van der Waals surface area contributed by atoms with Gasteiger partial charge in [-0.15, -0.1) is 0 Å². The number of hydrogen-bond acceptors (Lipinski definition) is 4. The van der Waals surface area contributed by atoms with E-state index in [2.05, 4.69) is 10.6 Å². The third-order valence-electron chi connectivity index (χ3n) is 4.12. The van der Waals surface area contributed by atoms with Gasteiger partial charge in [0.05, 0.1) is 13.1 Å². The van der Waals surface area contributed by atoms with Gasteiger partial charge in [0, 0.05) is 20.1 Å². The molecule has 0 heterocycles. The quantitative estimate of drug-likeness (QED) is 0.672. The van der Waals surface area contributed by atoms with Gasteiger partial charge < -0.3 is 15.0 Å². The fourth-order valence-electron chi connectivity index (χ4n) is 2.51. The number of benzene rings is 2. The summed E-state index contributed by atoms with van der Waals surface area (Å²) in [5.41, 5.74) is 2.15. The second kappa shape index (κ2) is 11.0. The fraction of sp³-hybridized carbons (Fsp3) is 0.333. The second-order valence-electron chi connectivity index (χ2n) is 6.10. The Bertz CT molecular complexity index is 717. The highest BCUT2D eigenvalue weighted by Crippen LogP contribution is 2.15. The van der Waals surface area contributed by atoms with Crippen molar-refractivity contribution in [3.05, 3.63) is 65.7 Å². The standard InChI is InChI=1S/C21H27N3O3/c1-3-24(21(26)14-23-13-20(25)22-2)15-17-9-11-19(12-10-17)27-16-18-7-5-4-6-8-18/h4-12,23H,3,13-16H2,1-2H3,(H,22,25). The van der Waals surface area contributed by atoms with Crippen LogP contribution in [0.3, 0.4) is 0 Å². The number of rotatable bonds is 10. The SMILES string of the molecule is CCN(Cc1ccc(OCc2ccccc2)cc1)C(=O)CNCC(=O)NC. The van der Waals surface area contributed by atoms with Crippen LogP contribution in [0.2, 0.25) is 0 Å². The predicted molar refractivity (Wildman–Crippen MR) is 105 cm³/mol. The average Bonchev–Trinajstić information content (AvgIpc) is 2.71. The van der Waals surface area contributed by atoms with Gasteiger partial charge in [-0.3, -0.25) is 14.9 Å². The first-order valence-electron chi connectivity index (χ1n) is 9.07. The lowest BCUT2D eigenvalue weighted by molar-refractivity contribution is -0.130. The van der Waals surface area contributed by atoms with Gasteiger partial charge in [-0.25, -0.2) is 0 Å². The number of likely N-dealkylation sites (N-methyl/N-ethyl adjacent to an activating group) is 2. The molecule has 0 aromatic heterocycles. The molecule has 2 N–H and O–H groups in total. The van der Waals surface area contributed by atoms with Crippen LogP contribution in [-0.4, -0.2) is 43.4 Å². The van der Waals surface area contributed by atoms with E-state index in [0.29, 0.717) is 19.7 Å². The van der Waals surface area contributed by atoms with Crippen LogP contribution in [0.15, 0.2) is 54.6 Å². The molecule has 0 bridgehead atoms. The molecule has 0 spiro atoms. The molecule has 2 aromatic carbocycles. The predicted octanol–water partition coefficient (Wildman–Crippen LogP) is 1.95. The van der Waals surface area contributed by atoms with Gasteiger partial charge in [0.2, 0.25) is 11.8 Å². The molecule has 0 unspecified atom stereocenters. The first kappa shape index (κ1) is 20.5. The molecule has 0 aliphatic carbocycles. The molecule has 6 nitrogen and oxygen atoms in total. The lowest BCUT2D eigenvalue weighted by Gasteiger charge is -2.21. The largest absolute Gasteiger partial charge is 0.489 e. The van der Waals surface area contributed by atoms with Gasteiger partial charge >= 0.3 is 0 Å². The molecule has 2 rings (SSSR count). The summed E-state index contributed by atoms with van der Waals surface area (Å²) in [5, 5.41) is 5.36. The Morgan fingerprint density at radius 2 is 1.67 bits per heavy atom. The zero-order valence-corrected chi connectivity index (χ0v) is 15.9. The summed E-state index contributed by atoms with van der Waals surface area (Å²) in [6, 6.07) is 17.8. The molecular formula is C21H27N3O3. The van der Waals surface area contributed by atoms with Crippen LogP contribution in [0, 0.1) is 0 Å². The highest BCUT2D eigenvalue weighted by atomic mass is 16.5. The Morgan fingerprint density at radius 1 is 0.963 bits per heavy atom. The van der Waals surface area contributed by atoms with Gasteiger partial charge in [0.25, 0.3) is 0 Å². The minimum Gasteiger partial charge on any atom is -0.489 e. The van der Waals surface area contributed by atoms with E-state index in [1.165, 1.54) is 0 Å². The summed E-state index contributed by atoms with van der Waals surface area (Å²) in [6.07, 6.45) is 0. The Labute approximate surface area is 160 Å². The summed E-state index contributed by atoms with van der Waals surface area (Å²) in [4.78, 5) is 25.2. The Balaban J connectivity index is 1.82. The lowest BCUT2D eigenvalue weighted by Crippen LogP contribution is -2.40. The lowest BCUT2D eigenvalue weighted by atomic mass is 10.2. The highest BCUT2D eigenvalue weighted by molar-refractivity contribution is 5.81. The summed E-state index contributed by atoms with van der Waals surface area (Å²) in [5.74, 6) is 0.618. The summed E-state index contributed by atoms with van der Waals surface area (Å²) >= 11 is 0. The van der Waals surface area contributed by atoms with Crippen molar-refractivity contribution in [2.45, 2.75) is 20.1 Å². The topological polar surface area (TPSA) is 70.7 Å². The van der Waals surface area contributed by atoms with E-state index in [1.807, 2.05) is 61.5 Å². The van der Waals surface area contributed by atoms with Crippen molar-refractivity contribution in [2.75, 3.05) is 26.7 Å². The Kier molecular flexibility index (Phi) is 8.32. The van der Waals surface area contributed by atoms with Crippen LogP contribution >= 0.6 is 0 Å². The normalized spacial score (nSPS) is 10.3. The van der Waals surface area contributed by atoms with Crippen LogP contribution in [0.1, 0.15) is 18.1 Å². The monoisotopic (exact) mass is 369 g/mol. The molecule has 0 fully saturated rings. The molecule has 0 saturated carbocycles. The molecule has 144 valence electrons. The summed E-state index contributed by atoms with van der Waals surface area (Å²) < 4.78 is 5.78. The molecule has 0 saturated heterocycles. The van der Waals surface area contributed by atoms with Crippen molar-refractivity contribution in [3.8, 4) is 5.75 Å². The molecule has 0 radical (unpaired) electrons. The second-order valence-corrected chi connectivity index (χ2v) is 6.10. The van der Waals surface area contributed by atoms with E-state index in [4.69, 9.17) is 4.74 Å². The van der Waals surface area contributed by atoms with Crippen molar-refractivity contribution in [1.82, 2.24) is 15.5 Å². The number of nitrogens with one attached hydrogen (secondary N) is 2. The maximum Gasteiger partial charge on any atom is 0.236 e. The van der Waals surface area contributed by atoms with Crippen LogP contribution in [0.25, 0.3) is 0 Å². The van der Waals surface area contributed by atoms with E-state index in [-0.39, 0.29) is 24.9 Å². The molecular weight excluding hydrogens is 342 g/mol. The van der Waals surface area contributed by atoms with Gasteiger partial charge in [0.15, 0.2) is 0 Å². The van der Waals surface area contributed by atoms with E-state index in [0.717, 1.165) is 16.9 Å². The molecule has 0 atom stereocenters. The first-order chi connectivity index (χ1) is 13.1. The number of ether oxygens (including phenoxy) is 1. The van der Waals surface area contributed by atoms with Gasteiger partial charge in [-0.1, -0.05) is 42.5 Å². The average molecular weight is 369 g/mol. The van der Waals surface area contributed by atoms with Crippen LogP contribution in [0.5, 0.6) is 5.75 Å². The van der Waals surface area contributed by atoms with Gasteiger partial charge in [-0.05, 0) is 30.2 Å². The van der Waals surface area contributed by atoms with E-state index >= 15 is 0 Å². The Morgan fingerprint density at radius 3 is 2.30 bits per heavy atom. The molecule has 2 amide bonds. The van der Waals surface area contributed by atoms with E-state index in [9.17, 15) is 9.59 Å². The van der Waals surface area contributed by atoms with E-state index < -0.39 is 0 Å². The van der Waals surface area contributed by atoms with Gasteiger partial charge in [-0.2, -0.15) is 0 Å². The smallest absolute Gasteiger partial charge is 0.236 e. The van der Waals surface area contributed by atoms with Crippen molar-refractivity contribution in [3.63, 3.8) is 0 Å². The third-order valence-corrected chi connectivity index (χ3v) is 4.12. The minimum atomic E-state index is -0.142. The number of carbonyl (C=O) groups excluding carboxylic acids is 2. The van der Waals surface area contributed by atoms with Crippen LogP contribution in [-0.2, 0) is 22.7 Å². The van der Waals surface area contributed by atoms with Crippen LogP contribution in [0.4, 0.5) is 0 Å². The van der Waals surface area contributed by atoms with Crippen LogP contribution < -0.4 is 15.4 Å². The number of carbonyl (C=O) groups is 2. The van der Waals surface area contributed by atoms with Crippen molar-refractivity contribution < 1.29 is 14.3 Å². The zero-order valence-electron chi connectivity index (χ0n) is 15.9. The van der Waals surface area contributed by atoms with Gasteiger partial charge in [0.1, 0.15) is 12.4 Å². The van der Waals surface area contributed by atoms with E-state index in [1.54, 1.807) is 11.9 Å². The molecule has 0 aliphatic heterocycles. The van der Waals surface area contributed by atoms with Crippen molar-refractivity contribution in [2.24, 2.45) is 0 Å². The molecule has 0 aliphatic rings. The number of hydrogen-bond donors (Lipinski definition) is 2. The maximum atomic E-state index is 12.3. The zero-order chi connectivity index (χ0) is 19.5. The first-order valence-corrected chi connectivity index (χ1v) is 9.07. The molecule has 27 heavy (non-hydrogen) atoms.